The van der Waals surface area contributed by atoms with E-state index in [-0.39, 0.29) is 5.91 Å². The lowest BCUT2D eigenvalue weighted by molar-refractivity contribution is -0.117. The number of carbonyl (C=O) groups excluding carboxylic acids is 1. The van der Waals surface area contributed by atoms with Crippen LogP contribution >= 0.6 is 11.6 Å². The third-order valence-electron chi connectivity index (χ3n) is 2.70. The smallest absolute Gasteiger partial charge is 0.238 e. The average molecular weight is 285 g/mol. The number of ether oxygens (including phenoxy) is 1. The molecule has 1 aromatic carbocycles. The van der Waals surface area contributed by atoms with Crippen molar-refractivity contribution in [2.75, 3.05) is 39.2 Å². The van der Waals surface area contributed by atoms with Gasteiger partial charge in [-0.2, -0.15) is 0 Å². The molecule has 106 valence electrons. The van der Waals surface area contributed by atoms with E-state index in [2.05, 4.69) is 5.32 Å². The number of likely N-dealkylation sites (N-methyl/N-ethyl adjacent to an activating group) is 1. The standard InChI is InChI=1S/C14H21ClN2O2/c1-11-5-6-13(12(15)9-11)16-14(18)10-17(2)7-4-8-19-3/h5-6,9H,4,7-8,10H2,1-3H3,(H,16,18). The van der Waals surface area contributed by atoms with E-state index >= 15 is 0 Å². The fourth-order valence-corrected chi connectivity index (χ4v) is 2.00. The summed E-state index contributed by atoms with van der Waals surface area (Å²) in [6.45, 7) is 3.83. The molecule has 1 rings (SSSR count). The van der Waals surface area contributed by atoms with Crippen LogP contribution in [0.25, 0.3) is 0 Å². The molecule has 0 unspecified atom stereocenters. The molecule has 0 bridgehead atoms. The summed E-state index contributed by atoms with van der Waals surface area (Å²) in [7, 11) is 3.58. The van der Waals surface area contributed by atoms with Gasteiger partial charge >= 0.3 is 0 Å². The van der Waals surface area contributed by atoms with Gasteiger partial charge in [-0.05, 0) is 38.1 Å². The molecule has 19 heavy (non-hydrogen) atoms. The maximum Gasteiger partial charge on any atom is 0.238 e. The van der Waals surface area contributed by atoms with E-state index in [1.54, 1.807) is 7.11 Å². The van der Waals surface area contributed by atoms with E-state index < -0.39 is 0 Å². The molecular formula is C14H21ClN2O2. The van der Waals surface area contributed by atoms with Crippen LogP contribution in [0, 0.1) is 6.92 Å². The van der Waals surface area contributed by atoms with Crippen LogP contribution in [0.5, 0.6) is 0 Å². The van der Waals surface area contributed by atoms with Gasteiger partial charge in [0.1, 0.15) is 0 Å². The van der Waals surface area contributed by atoms with Crippen molar-refractivity contribution < 1.29 is 9.53 Å². The number of amides is 1. The highest BCUT2D eigenvalue weighted by Gasteiger charge is 2.08. The van der Waals surface area contributed by atoms with Crippen LogP contribution in [0.15, 0.2) is 18.2 Å². The third-order valence-corrected chi connectivity index (χ3v) is 3.01. The van der Waals surface area contributed by atoms with Gasteiger partial charge in [-0.15, -0.1) is 0 Å². The molecule has 0 radical (unpaired) electrons. The number of benzene rings is 1. The number of halogens is 1. The van der Waals surface area contributed by atoms with Gasteiger partial charge in [0.15, 0.2) is 0 Å². The van der Waals surface area contributed by atoms with Crippen LogP contribution < -0.4 is 5.32 Å². The number of methoxy groups -OCH3 is 1. The predicted octanol–water partition coefficient (Wildman–Crippen LogP) is 2.56. The summed E-state index contributed by atoms with van der Waals surface area (Å²) in [5, 5.41) is 3.38. The molecular weight excluding hydrogens is 264 g/mol. The molecule has 1 N–H and O–H groups in total. The molecule has 0 fully saturated rings. The van der Waals surface area contributed by atoms with E-state index in [1.165, 1.54) is 0 Å². The van der Waals surface area contributed by atoms with Crippen molar-refractivity contribution in [2.24, 2.45) is 0 Å². The van der Waals surface area contributed by atoms with Crippen molar-refractivity contribution in [3.8, 4) is 0 Å². The van der Waals surface area contributed by atoms with Crippen LogP contribution in [0.3, 0.4) is 0 Å². The van der Waals surface area contributed by atoms with Crippen molar-refractivity contribution in [3.05, 3.63) is 28.8 Å². The Balaban J connectivity index is 2.42. The average Bonchev–Trinajstić information content (AvgIpc) is 2.33. The Labute approximate surface area is 119 Å². The first-order valence-electron chi connectivity index (χ1n) is 6.26. The molecule has 0 aromatic heterocycles. The monoisotopic (exact) mass is 284 g/mol. The Kier molecular flexibility index (Phi) is 6.84. The van der Waals surface area contributed by atoms with Gasteiger partial charge in [0.25, 0.3) is 0 Å². The highest BCUT2D eigenvalue weighted by atomic mass is 35.5. The summed E-state index contributed by atoms with van der Waals surface area (Å²) in [6.07, 6.45) is 0.908. The number of carbonyl (C=O) groups is 1. The topological polar surface area (TPSA) is 41.6 Å². The summed E-state index contributed by atoms with van der Waals surface area (Å²) in [5.41, 5.74) is 1.72. The molecule has 1 aromatic rings. The minimum Gasteiger partial charge on any atom is -0.385 e. The van der Waals surface area contributed by atoms with Gasteiger partial charge in [-0.1, -0.05) is 17.7 Å². The molecule has 0 saturated carbocycles. The second-order valence-corrected chi connectivity index (χ2v) is 5.02. The molecule has 0 heterocycles. The van der Waals surface area contributed by atoms with Gasteiger partial charge in [-0.3, -0.25) is 9.69 Å². The summed E-state index contributed by atoms with van der Waals surface area (Å²) < 4.78 is 4.98. The summed E-state index contributed by atoms with van der Waals surface area (Å²) in [4.78, 5) is 13.8. The summed E-state index contributed by atoms with van der Waals surface area (Å²) in [6, 6.07) is 5.57. The molecule has 0 aliphatic carbocycles. The molecule has 0 aliphatic heterocycles. The highest BCUT2D eigenvalue weighted by Crippen LogP contribution is 2.22. The number of nitrogens with zero attached hydrogens (tertiary/aromatic N) is 1. The van der Waals surface area contributed by atoms with Crippen LogP contribution in [0.1, 0.15) is 12.0 Å². The van der Waals surface area contributed by atoms with E-state index in [0.29, 0.717) is 23.9 Å². The fourth-order valence-electron chi connectivity index (χ4n) is 1.71. The predicted molar refractivity (Wildman–Crippen MR) is 78.8 cm³/mol. The first kappa shape index (κ1) is 16.0. The third kappa shape index (κ3) is 6.05. The van der Waals surface area contributed by atoms with Gasteiger partial charge in [-0.25, -0.2) is 0 Å². The summed E-state index contributed by atoms with van der Waals surface area (Å²) in [5.74, 6) is -0.0642. The maximum atomic E-state index is 11.9. The zero-order valence-electron chi connectivity index (χ0n) is 11.7. The lowest BCUT2D eigenvalue weighted by atomic mass is 10.2. The van der Waals surface area contributed by atoms with E-state index in [4.69, 9.17) is 16.3 Å². The van der Waals surface area contributed by atoms with Crippen LogP contribution in [-0.2, 0) is 9.53 Å². The van der Waals surface area contributed by atoms with E-state index in [1.807, 2.05) is 37.1 Å². The van der Waals surface area contributed by atoms with Crippen molar-refractivity contribution in [2.45, 2.75) is 13.3 Å². The minimum absolute atomic E-state index is 0.0642. The normalized spacial score (nSPS) is 10.8. The molecule has 0 saturated heterocycles. The quantitative estimate of drug-likeness (QED) is 0.783. The number of anilines is 1. The first-order chi connectivity index (χ1) is 9.02. The maximum absolute atomic E-state index is 11.9. The van der Waals surface area contributed by atoms with Gasteiger partial charge in [0, 0.05) is 20.3 Å². The molecule has 0 spiro atoms. The Bertz CT molecular complexity index is 424. The molecule has 4 nitrogen and oxygen atoms in total. The zero-order valence-corrected chi connectivity index (χ0v) is 12.5. The van der Waals surface area contributed by atoms with Crippen LogP contribution in [-0.4, -0.2) is 44.7 Å². The number of hydrogen-bond acceptors (Lipinski definition) is 3. The Hall–Kier alpha value is -1.10. The second-order valence-electron chi connectivity index (χ2n) is 4.62. The van der Waals surface area contributed by atoms with E-state index in [0.717, 1.165) is 18.5 Å². The molecule has 5 heteroatoms. The zero-order chi connectivity index (χ0) is 14.3. The second kappa shape index (κ2) is 8.15. The van der Waals surface area contributed by atoms with Gasteiger partial charge in [0.05, 0.1) is 17.3 Å². The Morgan fingerprint density at radius 2 is 2.21 bits per heavy atom. The lowest BCUT2D eigenvalue weighted by Crippen LogP contribution is -2.31. The van der Waals surface area contributed by atoms with Crippen LogP contribution in [0.2, 0.25) is 5.02 Å². The number of rotatable bonds is 7. The minimum atomic E-state index is -0.0642. The van der Waals surface area contributed by atoms with Crippen molar-refractivity contribution >= 4 is 23.2 Å². The number of hydrogen-bond donors (Lipinski definition) is 1. The molecule has 0 aliphatic rings. The Morgan fingerprint density at radius 3 is 2.84 bits per heavy atom. The van der Waals surface area contributed by atoms with Crippen molar-refractivity contribution in [1.82, 2.24) is 4.90 Å². The van der Waals surface area contributed by atoms with Crippen molar-refractivity contribution in [3.63, 3.8) is 0 Å². The number of nitrogens with one attached hydrogen (secondary N) is 1. The summed E-state index contributed by atoms with van der Waals surface area (Å²) >= 11 is 6.07. The first-order valence-corrected chi connectivity index (χ1v) is 6.64. The SMILES string of the molecule is COCCCN(C)CC(=O)Nc1ccc(C)cc1Cl. The molecule has 1 amide bonds. The Morgan fingerprint density at radius 1 is 1.47 bits per heavy atom. The van der Waals surface area contributed by atoms with Crippen LogP contribution in [0.4, 0.5) is 5.69 Å². The van der Waals surface area contributed by atoms with Crippen molar-refractivity contribution in [1.29, 1.82) is 0 Å². The van der Waals surface area contributed by atoms with Gasteiger partial charge in [0.2, 0.25) is 5.91 Å². The van der Waals surface area contributed by atoms with Gasteiger partial charge < -0.3 is 10.1 Å². The number of aryl methyl sites for hydroxylation is 1. The molecule has 0 atom stereocenters. The van der Waals surface area contributed by atoms with E-state index in [9.17, 15) is 4.79 Å². The highest BCUT2D eigenvalue weighted by molar-refractivity contribution is 6.33. The fraction of sp³-hybridized carbons (Fsp3) is 0.500. The largest absolute Gasteiger partial charge is 0.385 e. The lowest BCUT2D eigenvalue weighted by Gasteiger charge is -2.16.